The van der Waals surface area contributed by atoms with Crippen molar-refractivity contribution < 1.29 is 17.6 Å². The van der Waals surface area contributed by atoms with Crippen molar-refractivity contribution in [1.82, 2.24) is 19.8 Å². The van der Waals surface area contributed by atoms with Gasteiger partial charge in [-0.15, -0.1) is 0 Å². The molecule has 2 heterocycles. The Labute approximate surface area is 229 Å². The first-order chi connectivity index (χ1) is 18.6. The van der Waals surface area contributed by atoms with Gasteiger partial charge in [0.05, 0.1) is 16.2 Å². The lowest BCUT2D eigenvalue weighted by Crippen LogP contribution is -2.52. The summed E-state index contributed by atoms with van der Waals surface area (Å²) in [5.74, 6) is -0.231. The highest BCUT2D eigenvalue weighted by atomic mass is 32.2. The molecule has 1 saturated heterocycles. The Bertz CT molecular complexity index is 1440. The third-order valence-electron chi connectivity index (χ3n) is 8.39. The highest BCUT2D eigenvalue weighted by Gasteiger charge is 2.44. The van der Waals surface area contributed by atoms with Crippen molar-refractivity contribution in [3.63, 3.8) is 0 Å². The average molecular weight is 554 g/mol. The van der Waals surface area contributed by atoms with Crippen molar-refractivity contribution >= 4 is 32.5 Å². The van der Waals surface area contributed by atoms with E-state index in [1.54, 1.807) is 36.4 Å². The number of carbonyl (C=O) groups is 1. The van der Waals surface area contributed by atoms with Crippen LogP contribution in [0, 0.1) is 11.7 Å². The van der Waals surface area contributed by atoms with E-state index in [0.717, 1.165) is 12.8 Å². The maximum atomic E-state index is 13.9. The summed E-state index contributed by atoms with van der Waals surface area (Å²) in [5, 5.41) is 3.75. The second-order valence-electron chi connectivity index (χ2n) is 11.0. The number of carbonyl (C=O) groups excluding carboxylic acids is 1. The molecule has 4 atom stereocenters. The molecule has 0 unspecified atom stereocenters. The first-order valence-corrected chi connectivity index (χ1v) is 15.3. The molecule has 8 nitrogen and oxygen atoms in total. The summed E-state index contributed by atoms with van der Waals surface area (Å²) in [6.07, 6.45) is 4.32. The van der Waals surface area contributed by atoms with Crippen LogP contribution in [0.5, 0.6) is 0 Å². The van der Waals surface area contributed by atoms with Crippen LogP contribution in [-0.2, 0) is 14.6 Å². The Kier molecular flexibility index (Phi) is 7.87. The fraction of sp³-hybridized carbons (Fsp3) is 0.483. The molecule has 1 aromatic heterocycles. The molecule has 39 heavy (non-hydrogen) atoms. The molecular weight excluding hydrogens is 517 g/mol. The van der Waals surface area contributed by atoms with Crippen LogP contribution in [0.2, 0.25) is 0 Å². The van der Waals surface area contributed by atoms with E-state index in [1.807, 2.05) is 4.90 Å². The maximum Gasteiger partial charge on any atom is 0.245 e. The van der Waals surface area contributed by atoms with Crippen molar-refractivity contribution in [2.24, 2.45) is 5.92 Å². The van der Waals surface area contributed by atoms with Gasteiger partial charge in [0.1, 0.15) is 24.0 Å². The summed E-state index contributed by atoms with van der Waals surface area (Å²) in [5.41, 5.74) is 0.593. The Hall–Kier alpha value is -3.11. The van der Waals surface area contributed by atoms with Gasteiger partial charge in [0.15, 0.2) is 9.84 Å². The fourth-order valence-corrected chi connectivity index (χ4v) is 7.77. The average Bonchev–Trinajstić information content (AvgIpc) is 3.28. The molecule has 1 amide bonds. The molecule has 1 aliphatic heterocycles. The Balaban J connectivity index is 1.37. The number of nitrogens with one attached hydrogen (secondary N) is 1. The summed E-state index contributed by atoms with van der Waals surface area (Å²) in [7, 11) is -1.43. The molecule has 3 aromatic rings. The zero-order chi connectivity index (χ0) is 27.7. The third kappa shape index (κ3) is 5.77. The molecular formula is C29H36FN5O3S. The van der Waals surface area contributed by atoms with Gasteiger partial charge in [-0.05, 0) is 82.8 Å². The molecule has 1 aliphatic carbocycles. The van der Waals surface area contributed by atoms with Gasteiger partial charge in [0, 0.05) is 30.1 Å². The van der Waals surface area contributed by atoms with E-state index in [1.165, 1.54) is 18.5 Å². The van der Waals surface area contributed by atoms with E-state index in [0.29, 0.717) is 47.0 Å². The minimum Gasteiger partial charge on any atom is -0.358 e. The van der Waals surface area contributed by atoms with Gasteiger partial charge < -0.3 is 15.1 Å². The van der Waals surface area contributed by atoms with Gasteiger partial charge in [-0.25, -0.2) is 22.8 Å². The number of nitrogens with zero attached hydrogens (tertiary/aromatic N) is 4. The molecule has 0 bridgehead atoms. The summed E-state index contributed by atoms with van der Waals surface area (Å²) < 4.78 is 40.8. The number of halogens is 1. The van der Waals surface area contributed by atoms with Crippen LogP contribution in [-0.4, -0.2) is 77.6 Å². The number of rotatable bonds is 8. The number of anilines is 1. The normalized spacial score (nSPS) is 24.2. The van der Waals surface area contributed by atoms with Crippen molar-refractivity contribution in [3.8, 4) is 0 Å². The fourth-order valence-electron chi connectivity index (χ4n) is 6.08. The van der Waals surface area contributed by atoms with Crippen molar-refractivity contribution in [2.75, 3.05) is 24.7 Å². The van der Waals surface area contributed by atoms with Crippen LogP contribution in [0.15, 0.2) is 59.8 Å². The van der Waals surface area contributed by atoms with Gasteiger partial charge in [0.2, 0.25) is 5.91 Å². The predicted octanol–water partition coefficient (Wildman–Crippen LogP) is 4.13. The van der Waals surface area contributed by atoms with E-state index in [2.05, 4.69) is 41.1 Å². The topological polar surface area (TPSA) is 95.5 Å². The number of fused-ring (bicyclic) bond motifs is 1. The number of hydrogen-bond acceptors (Lipinski definition) is 7. The number of sulfone groups is 1. The number of benzene rings is 2. The highest BCUT2D eigenvalue weighted by Crippen LogP contribution is 2.36. The number of amides is 1. The van der Waals surface area contributed by atoms with Crippen LogP contribution < -0.4 is 5.32 Å². The van der Waals surface area contributed by atoms with Gasteiger partial charge in [-0.3, -0.25) is 4.79 Å². The zero-order valence-electron chi connectivity index (χ0n) is 22.6. The minimum atomic E-state index is -3.52. The van der Waals surface area contributed by atoms with E-state index < -0.39 is 21.7 Å². The molecule has 10 heteroatoms. The van der Waals surface area contributed by atoms with Crippen LogP contribution in [0.4, 0.5) is 10.2 Å². The Morgan fingerprint density at radius 2 is 1.87 bits per heavy atom. The summed E-state index contributed by atoms with van der Waals surface area (Å²) >= 11 is 0. The molecule has 208 valence electrons. The number of aromatic nitrogens is 2. The summed E-state index contributed by atoms with van der Waals surface area (Å²) in [6, 6.07) is 12.8. The van der Waals surface area contributed by atoms with Crippen LogP contribution >= 0.6 is 0 Å². The Morgan fingerprint density at radius 1 is 1.10 bits per heavy atom. The van der Waals surface area contributed by atoms with Crippen molar-refractivity contribution in [2.45, 2.75) is 68.6 Å². The summed E-state index contributed by atoms with van der Waals surface area (Å²) in [4.78, 5) is 26.7. The molecule has 2 aliphatic rings. The van der Waals surface area contributed by atoms with E-state index in [4.69, 9.17) is 0 Å². The monoisotopic (exact) mass is 553 g/mol. The van der Waals surface area contributed by atoms with Crippen LogP contribution in [0.25, 0.3) is 10.9 Å². The number of hydrogen-bond donors (Lipinski definition) is 1. The standard InChI is InChI=1S/C29H36FN5O3S/c1-19(2)34(3)22-10-12-27(20(15-22)17-39(37,38)23-7-5-4-6-8-23)35-14-13-26(29(35)36)33-28-24-16-21(30)9-11-25(24)31-18-32-28/h4-9,11,16,18-20,22,26-27H,10,12-15,17H2,1-3H3,(H,31,32,33)/t20-,22-,26+,27+/m1/s1. The smallest absolute Gasteiger partial charge is 0.245 e. The predicted molar refractivity (Wildman–Crippen MR) is 150 cm³/mol. The lowest BCUT2D eigenvalue weighted by atomic mass is 9.81. The lowest BCUT2D eigenvalue weighted by Gasteiger charge is -2.44. The second kappa shape index (κ2) is 11.2. The second-order valence-corrected chi connectivity index (χ2v) is 13.1. The van der Waals surface area contributed by atoms with Crippen LogP contribution in [0.3, 0.4) is 0 Å². The molecule has 5 rings (SSSR count). The third-order valence-corrected chi connectivity index (χ3v) is 10.2. The zero-order valence-corrected chi connectivity index (χ0v) is 23.4. The molecule has 1 N–H and O–H groups in total. The largest absolute Gasteiger partial charge is 0.358 e. The number of likely N-dealkylation sites (tertiary alicyclic amines) is 1. The van der Waals surface area contributed by atoms with Gasteiger partial charge >= 0.3 is 0 Å². The molecule has 0 radical (unpaired) electrons. The Morgan fingerprint density at radius 3 is 2.62 bits per heavy atom. The van der Waals surface area contributed by atoms with Gasteiger partial charge in [-0.1, -0.05) is 18.2 Å². The van der Waals surface area contributed by atoms with Crippen molar-refractivity contribution in [3.05, 3.63) is 60.7 Å². The van der Waals surface area contributed by atoms with Crippen LogP contribution in [0.1, 0.15) is 39.5 Å². The molecule has 2 fully saturated rings. The first kappa shape index (κ1) is 27.5. The molecule has 1 saturated carbocycles. The first-order valence-electron chi connectivity index (χ1n) is 13.6. The SMILES string of the molecule is CC(C)N(C)[C@@H]1CC[C@H](N2CC[C@H](Nc3ncnc4ccc(F)cc34)C2=O)[C@@H](CS(=O)(=O)c2ccccc2)C1. The molecule has 2 aromatic carbocycles. The van der Waals surface area contributed by atoms with E-state index >= 15 is 0 Å². The van der Waals surface area contributed by atoms with Crippen molar-refractivity contribution in [1.29, 1.82) is 0 Å². The molecule has 0 spiro atoms. The van der Waals surface area contributed by atoms with Gasteiger partial charge in [-0.2, -0.15) is 0 Å². The highest BCUT2D eigenvalue weighted by molar-refractivity contribution is 7.91. The maximum absolute atomic E-state index is 13.9. The minimum absolute atomic E-state index is 0.00180. The summed E-state index contributed by atoms with van der Waals surface area (Å²) in [6.45, 7) is 4.82. The lowest BCUT2D eigenvalue weighted by molar-refractivity contribution is -0.132. The quantitative estimate of drug-likeness (QED) is 0.448. The van der Waals surface area contributed by atoms with E-state index in [-0.39, 0.29) is 29.7 Å². The van der Waals surface area contributed by atoms with E-state index in [9.17, 15) is 17.6 Å². The van der Waals surface area contributed by atoms with Gasteiger partial charge in [0.25, 0.3) is 0 Å².